The van der Waals surface area contributed by atoms with Crippen LogP contribution in [0, 0.1) is 0 Å². The number of unbranched alkanes of at least 4 members (excludes halogenated alkanes) is 18. The Hall–Kier alpha value is -1.93. The van der Waals surface area contributed by atoms with E-state index in [-0.39, 0.29) is 19.0 Å². The molecule has 410 valence electrons. The molecule has 70 heavy (non-hydrogen) atoms. The van der Waals surface area contributed by atoms with Crippen LogP contribution in [0.2, 0.25) is 0 Å². The summed E-state index contributed by atoms with van der Waals surface area (Å²) in [6, 6.07) is 0. The molecule has 0 amide bonds. The average Bonchev–Trinajstić information content (AvgIpc) is 3.28. The molecule has 11 N–H and O–H groups in total. The molecular weight excluding hydrogens is 975 g/mol. The fourth-order valence-electron chi connectivity index (χ4n) is 7.40. The molecule has 0 bridgehead atoms. The van der Waals surface area contributed by atoms with Crippen LogP contribution in [0.5, 0.6) is 0 Å². The third kappa shape index (κ3) is 36.1. The number of rotatable bonds is 42. The highest BCUT2D eigenvalue weighted by molar-refractivity contribution is 7.47. The van der Waals surface area contributed by atoms with Crippen LogP contribution >= 0.6 is 23.5 Å². The van der Waals surface area contributed by atoms with Crippen LogP contribution < -0.4 is 6.15 Å². The van der Waals surface area contributed by atoms with E-state index in [2.05, 4.69) is 53.3 Å². The summed E-state index contributed by atoms with van der Waals surface area (Å²) < 4.78 is 65.5. The summed E-state index contributed by atoms with van der Waals surface area (Å²) in [7, 11) is -16.6. The van der Waals surface area contributed by atoms with Crippen molar-refractivity contribution in [1.29, 1.82) is 0 Å². The van der Waals surface area contributed by atoms with Crippen LogP contribution in [0.1, 0.15) is 181 Å². The molecule has 20 nitrogen and oxygen atoms in total. The zero-order chi connectivity index (χ0) is 51.4. The zero-order valence-electron chi connectivity index (χ0n) is 41.6. The van der Waals surface area contributed by atoms with E-state index in [0.717, 1.165) is 44.9 Å². The van der Waals surface area contributed by atoms with Gasteiger partial charge < -0.3 is 55.4 Å². The molecule has 0 heterocycles. The number of hydrogen-bond acceptors (Lipinski definition) is 15. The third-order valence-electron chi connectivity index (χ3n) is 11.1. The smallest absolute Gasteiger partial charge is 0.462 e. The van der Waals surface area contributed by atoms with Gasteiger partial charge in [-0.1, -0.05) is 165 Å². The van der Waals surface area contributed by atoms with Crippen molar-refractivity contribution >= 4 is 35.4 Å². The Morgan fingerprint density at radius 2 is 0.829 bits per heavy atom. The van der Waals surface area contributed by atoms with Crippen LogP contribution in [0.25, 0.3) is 0 Å². The van der Waals surface area contributed by atoms with Gasteiger partial charge in [-0.2, -0.15) is 0 Å². The van der Waals surface area contributed by atoms with Gasteiger partial charge in [0.2, 0.25) is 0 Å². The first-order chi connectivity index (χ1) is 32.8. The van der Waals surface area contributed by atoms with E-state index in [9.17, 15) is 63.1 Å². The largest absolute Gasteiger partial charge is 0.472 e. The minimum atomic E-state index is -5.56. The van der Waals surface area contributed by atoms with Gasteiger partial charge in [0.05, 0.1) is 6.61 Å². The molecule has 0 aromatic heterocycles. The van der Waals surface area contributed by atoms with E-state index in [1.807, 2.05) is 18.2 Å². The Bertz CT molecular complexity index is 1600. The quantitative estimate of drug-likeness (QED) is 0.0119. The van der Waals surface area contributed by atoms with Crippen molar-refractivity contribution in [3.63, 3.8) is 0 Å². The fourth-order valence-corrected chi connectivity index (χ4v) is 9.51. The predicted molar refractivity (Wildman–Crippen MR) is 266 cm³/mol. The number of phosphoric acid groups is 3. The van der Waals surface area contributed by atoms with E-state index in [1.165, 1.54) is 83.5 Å². The van der Waals surface area contributed by atoms with Gasteiger partial charge >= 0.3 is 35.4 Å². The second kappa shape index (κ2) is 40.5. The minimum Gasteiger partial charge on any atom is -0.462 e. The Labute approximate surface area is 416 Å². The Kier molecular flexibility index (Phi) is 39.3. The molecule has 6 unspecified atom stereocenters. The van der Waals surface area contributed by atoms with Crippen molar-refractivity contribution in [3.05, 3.63) is 48.6 Å². The van der Waals surface area contributed by atoms with Gasteiger partial charge in [-0.3, -0.25) is 27.7 Å². The predicted octanol–water partition coefficient (Wildman–Crippen LogP) is 9.56. The molecule has 0 saturated heterocycles. The lowest BCUT2D eigenvalue weighted by atomic mass is 9.85. The lowest BCUT2D eigenvalue weighted by Gasteiger charge is -2.44. The van der Waals surface area contributed by atoms with E-state index in [4.69, 9.17) is 18.5 Å². The van der Waals surface area contributed by atoms with Gasteiger partial charge in [-0.05, 0) is 51.4 Å². The number of carbonyl (C=O) groups excluding carboxylic acids is 2. The SMILES string of the molecule is CCCCC/C=C/C/C=C/C/C=C/C/C=C/CCCC(=O)OC(COC(=O)CCCCCCCCCCCCCCCCC)COP(=O)(O)OC1C(O)C(OP(=O)(O)O)C(O)C(OP(=O)(O)O)C1O.N. The first kappa shape index (κ1) is 68.1. The third-order valence-corrected chi connectivity index (χ3v) is 13.2. The van der Waals surface area contributed by atoms with E-state index >= 15 is 0 Å². The Balaban J connectivity index is 0.0000476. The molecule has 0 radical (unpaired) electrons. The normalized spacial score (nSPS) is 21.4. The standard InChI is InChI=1S/C47H85O19P3.H3N/c1-3-5-7-9-11-13-15-17-19-20-22-24-26-28-30-32-34-36-41(49)63-39(37-61-40(48)35-33-31-29-27-25-23-21-18-16-14-12-10-8-6-4-2)38-62-69(59,60)66-47-43(51)45(64-67(53,54)55)42(50)46(44(47)52)65-68(56,57)58;/h11,13,17,19,22,24,28,30,39,42-47,50-52H,3-10,12,14-16,18,20-21,23,25-27,29,31-38H2,1-2H3,(H,59,60)(H2,53,54,55)(H2,56,57,58);1H3/b13-11+,19-17+,24-22+,30-28+;. The highest BCUT2D eigenvalue weighted by Gasteiger charge is 2.56. The van der Waals surface area contributed by atoms with Gasteiger partial charge in [0.25, 0.3) is 0 Å². The number of carbonyl (C=O) groups is 2. The van der Waals surface area contributed by atoms with Crippen LogP contribution in [-0.2, 0) is 50.9 Å². The summed E-state index contributed by atoms with van der Waals surface area (Å²) in [6.45, 7) is 2.86. The number of aliphatic hydroxyl groups is 3. The highest BCUT2D eigenvalue weighted by atomic mass is 31.2. The van der Waals surface area contributed by atoms with Gasteiger partial charge in [0, 0.05) is 12.8 Å². The number of ether oxygens (including phenoxy) is 2. The maximum absolute atomic E-state index is 13.2. The molecule has 1 saturated carbocycles. The Morgan fingerprint density at radius 3 is 1.26 bits per heavy atom. The highest BCUT2D eigenvalue weighted by Crippen LogP contribution is 2.51. The lowest BCUT2D eigenvalue weighted by molar-refractivity contribution is -0.213. The van der Waals surface area contributed by atoms with E-state index in [0.29, 0.717) is 25.7 Å². The Morgan fingerprint density at radius 1 is 0.471 bits per heavy atom. The van der Waals surface area contributed by atoms with Crippen molar-refractivity contribution in [1.82, 2.24) is 6.15 Å². The summed E-state index contributed by atoms with van der Waals surface area (Å²) in [6.07, 6.45) is 25.5. The number of esters is 2. The van der Waals surface area contributed by atoms with Crippen molar-refractivity contribution in [2.75, 3.05) is 13.2 Å². The maximum Gasteiger partial charge on any atom is 0.472 e. The van der Waals surface area contributed by atoms with Gasteiger partial charge in [-0.15, -0.1) is 0 Å². The second-order valence-electron chi connectivity index (χ2n) is 17.4. The summed E-state index contributed by atoms with van der Waals surface area (Å²) in [5.74, 6) is -1.37. The number of aliphatic hydroxyl groups excluding tert-OH is 3. The summed E-state index contributed by atoms with van der Waals surface area (Å²) >= 11 is 0. The topological polar surface area (TPSA) is 338 Å². The zero-order valence-corrected chi connectivity index (χ0v) is 44.3. The minimum absolute atomic E-state index is 0. The fraction of sp³-hybridized carbons (Fsp3) is 0.787. The van der Waals surface area contributed by atoms with Gasteiger partial charge in [0.15, 0.2) is 6.10 Å². The van der Waals surface area contributed by atoms with Gasteiger partial charge in [0.1, 0.15) is 43.2 Å². The summed E-state index contributed by atoms with van der Waals surface area (Å²) in [4.78, 5) is 73.3. The number of allylic oxidation sites excluding steroid dienone is 8. The summed E-state index contributed by atoms with van der Waals surface area (Å²) in [5.41, 5.74) is 0. The average molecular weight is 1060 g/mol. The lowest BCUT2D eigenvalue weighted by Crippen LogP contribution is -2.65. The van der Waals surface area contributed by atoms with Crippen molar-refractivity contribution < 1.29 is 90.6 Å². The molecule has 1 fully saturated rings. The number of hydrogen-bond donors (Lipinski definition) is 9. The maximum atomic E-state index is 13.2. The molecule has 1 rings (SSSR count). The molecule has 0 spiro atoms. The molecular formula is C47H88NO19P3. The molecule has 0 aromatic carbocycles. The number of phosphoric ester groups is 3. The second-order valence-corrected chi connectivity index (χ2v) is 21.2. The molecule has 1 aliphatic rings. The van der Waals surface area contributed by atoms with Crippen LogP contribution in [-0.4, -0.2) is 108 Å². The van der Waals surface area contributed by atoms with Gasteiger partial charge in [-0.25, -0.2) is 13.7 Å². The first-order valence-corrected chi connectivity index (χ1v) is 29.5. The van der Waals surface area contributed by atoms with E-state index in [1.54, 1.807) is 0 Å². The van der Waals surface area contributed by atoms with Crippen LogP contribution in [0.15, 0.2) is 48.6 Å². The molecule has 1 aliphatic carbocycles. The monoisotopic (exact) mass is 1060 g/mol. The molecule has 23 heteroatoms. The van der Waals surface area contributed by atoms with Crippen molar-refractivity contribution in [3.8, 4) is 0 Å². The van der Waals surface area contributed by atoms with E-state index < -0.39 is 91.3 Å². The van der Waals surface area contributed by atoms with Crippen LogP contribution in [0.3, 0.4) is 0 Å². The molecule has 0 aliphatic heterocycles. The molecule has 0 aromatic rings. The first-order valence-electron chi connectivity index (χ1n) is 24.9. The van der Waals surface area contributed by atoms with Crippen molar-refractivity contribution in [2.45, 2.75) is 224 Å². The summed E-state index contributed by atoms with van der Waals surface area (Å²) in [5, 5.41) is 31.9. The van der Waals surface area contributed by atoms with Crippen molar-refractivity contribution in [2.24, 2.45) is 0 Å². The molecule has 6 atom stereocenters. The van der Waals surface area contributed by atoms with Crippen LogP contribution in [0.4, 0.5) is 0 Å².